The van der Waals surface area contributed by atoms with E-state index in [1.807, 2.05) is 26.0 Å². The highest BCUT2D eigenvalue weighted by atomic mass is 16.5. The van der Waals surface area contributed by atoms with Crippen molar-refractivity contribution in [2.75, 3.05) is 6.54 Å². The lowest BCUT2D eigenvalue weighted by Crippen LogP contribution is -2.29. The van der Waals surface area contributed by atoms with Gasteiger partial charge in [-0.05, 0) is 50.6 Å². The van der Waals surface area contributed by atoms with E-state index in [-0.39, 0.29) is 18.6 Å². The third-order valence-electron chi connectivity index (χ3n) is 3.34. The lowest BCUT2D eigenvalue weighted by molar-refractivity contribution is 0.0915. The molecule has 0 bridgehead atoms. The maximum atomic E-state index is 12.1. The molecule has 0 aliphatic carbocycles. The van der Waals surface area contributed by atoms with Crippen LogP contribution in [0, 0.1) is 6.92 Å². The molecular weight excluding hydrogens is 292 g/mol. The maximum absolute atomic E-state index is 12.1. The standard InChI is InChI=1S/C18H22N2O3/c1-12(2)23-15-8-6-14(7-9-15)17(21)11-20-18(22)16-5-4-10-19-13(16)3/h4-10,12,17,21H,11H2,1-3H3,(H,20,22). The van der Waals surface area contributed by atoms with Gasteiger partial charge in [-0.15, -0.1) is 0 Å². The van der Waals surface area contributed by atoms with Crippen LogP contribution in [-0.2, 0) is 0 Å². The number of nitrogens with one attached hydrogen (secondary N) is 1. The molecule has 0 saturated carbocycles. The van der Waals surface area contributed by atoms with Crippen LogP contribution in [0.4, 0.5) is 0 Å². The number of amides is 1. The van der Waals surface area contributed by atoms with Gasteiger partial charge in [0.25, 0.3) is 5.91 Å². The highest BCUT2D eigenvalue weighted by Crippen LogP contribution is 2.18. The second kappa shape index (κ2) is 7.74. The molecule has 122 valence electrons. The molecule has 5 heteroatoms. The smallest absolute Gasteiger partial charge is 0.253 e. The molecule has 0 fully saturated rings. The van der Waals surface area contributed by atoms with Gasteiger partial charge in [0.05, 0.1) is 17.8 Å². The number of aryl methyl sites for hydroxylation is 1. The topological polar surface area (TPSA) is 71.5 Å². The number of aromatic nitrogens is 1. The van der Waals surface area contributed by atoms with Crippen LogP contribution in [0.2, 0.25) is 0 Å². The van der Waals surface area contributed by atoms with Crippen LogP contribution in [0.3, 0.4) is 0 Å². The first kappa shape index (κ1) is 17.0. The third-order valence-corrected chi connectivity index (χ3v) is 3.34. The zero-order valence-electron chi connectivity index (χ0n) is 13.6. The number of benzene rings is 1. The van der Waals surface area contributed by atoms with Gasteiger partial charge in [-0.1, -0.05) is 12.1 Å². The first-order valence-corrected chi connectivity index (χ1v) is 7.62. The van der Waals surface area contributed by atoms with E-state index in [1.165, 1.54) is 0 Å². The average molecular weight is 314 g/mol. The molecule has 0 radical (unpaired) electrons. The van der Waals surface area contributed by atoms with Crippen molar-refractivity contribution >= 4 is 5.91 Å². The number of rotatable bonds is 6. The minimum absolute atomic E-state index is 0.104. The van der Waals surface area contributed by atoms with E-state index in [2.05, 4.69) is 10.3 Å². The summed E-state index contributed by atoms with van der Waals surface area (Å²) in [4.78, 5) is 16.2. The zero-order valence-corrected chi connectivity index (χ0v) is 13.6. The largest absolute Gasteiger partial charge is 0.491 e. The zero-order chi connectivity index (χ0) is 16.8. The van der Waals surface area contributed by atoms with Crippen molar-refractivity contribution < 1.29 is 14.6 Å². The Morgan fingerprint density at radius 1 is 1.26 bits per heavy atom. The van der Waals surface area contributed by atoms with E-state index < -0.39 is 6.10 Å². The maximum Gasteiger partial charge on any atom is 0.253 e. The third kappa shape index (κ3) is 4.79. The van der Waals surface area contributed by atoms with Crippen LogP contribution < -0.4 is 10.1 Å². The molecule has 23 heavy (non-hydrogen) atoms. The molecule has 1 unspecified atom stereocenters. The van der Waals surface area contributed by atoms with Crippen molar-refractivity contribution in [3.63, 3.8) is 0 Å². The molecular formula is C18H22N2O3. The normalized spacial score (nSPS) is 12.0. The first-order valence-electron chi connectivity index (χ1n) is 7.62. The highest BCUT2D eigenvalue weighted by Gasteiger charge is 2.13. The number of nitrogens with zero attached hydrogens (tertiary/aromatic N) is 1. The summed E-state index contributed by atoms with van der Waals surface area (Å²) in [7, 11) is 0. The molecule has 1 atom stereocenters. The second-order valence-corrected chi connectivity index (χ2v) is 5.60. The summed E-state index contributed by atoms with van der Waals surface area (Å²) in [5.74, 6) is 0.514. The van der Waals surface area contributed by atoms with Gasteiger partial charge < -0.3 is 15.2 Å². The van der Waals surface area contributed by atoms with Gasteiger partial charge in [0.15, 0.2) is 0 Å². The Kier molecular flexibility index (Phi) is 5.71. The predicted molar refractivity (Wildman–Crippen MR) is 88.5 cm³/mol. The summed E-state index contributed by atoms with van der Waals surface area (Å²) < 4.78 is 5.56. The number of pyridine rings is 1. The van der Waals surface area contributed by atoms with Gasteiger partial charge in [0.1, 0.15) is 5.75 Å². The Hall–Kier alpha value is -2.40. The van der Waals surface area contributed by atoms with Gasteiger partial charge in [-0.2, -0.15) is 0 Å². The molecule has 0 aliphatic rings. The number of carbonyl (C=O) groups is 1. The molecule has 1 amide bonds. The molecule has 1 aromatic heterocycles. The summed E-state index contributed by atoms with van der Waals surface area (Å²) in [6, 6.07) is 10.6. The summed E-state index contributed by atoms with van der Waals surface area (Å²) in [5.41, 5.74) is 1.90. The van der Waals surface area contributed by atoms with E-state index in [0.29, 0.717) is 11.3 Å². The van der Waals surface area contributed by atoms with Crippen molar-refractivity contribution in [1.82, 2.24) is 10.3 Å². The van der Waals surface area contributed by atoms with Crippen molar-refractivity contribution in [3.05, 3.63) is 59.4 Å². The molecule has 2 rings (SSSR count). The molecule has 5 nitrogen and oxygen atoms in total. The molecule has 0 aliphatic heterocycles. The van der Waals surface area contributed by atoms with Crippen LogP contribution in [0.5, 0.6) is 5.75 Å². The molecule has 2 aromatic rings. The van der Waals surface area contributed by atoms with Crippen LogP contribution >= 0.6 is 0 Å². The summed E-state index contributed by atoms with van der Waals surface area (Å²) in [6.07, 6.45) is 0.971. The van der Waals surface area contributed by atoms with Crippen LogP contribution in [0.15, 0.2) is 42.6 Å². The van der Waals surface area contributed by atoms with E-state index in [9.17, 15) is 9.90 Å². The van der Waals surface area contributed by atoms with Gasteiger partial charge in [-0.25, -0.2) is 0 Å². The lowest BCUT2D eigenvalue weighted by atomic mass is 10.1. The minimum atomic E-state index is -0.774. The summed E-state index contributed by atoms with van der Waals surface area (Å²) in [5, 5.41) is 12.9. The predicted octanol–water partition coefficient (Wildman–Crippen LogP) is 2.64. The number of aliphatic hydroxyl groups is 1. The minimum Gasteiger partial charge on any atom is -0.491 e. The number of carbonyl (C=O) groups excluding carboxylic acids is 1. The van der Waals surface area contributed by atoms with E-state index in [0.717, 1.165) is 11.3 Å². The molecule has 0 spiro atoms. The number of hydrogen-bond donors (Lipinski definition) is 2. The summed E-state index contributed by atoms with van der Waals surface area (Å²) in [6.45, 7) is 5.83. The number of aliphatic hydroxyl groups excluding tert-OH is 1. The second-order valence-electron chi connectivity index (χ2n) is 5.60. The number of hydrogen-bond acceptors (Lipinski definition) is 4. The molecule has 2 N–H and O–H groups in total. The van der Waals surface area contributed by atoms with Crippen molar-refractivity contribution in [1.29, 1.82) is 0 Å². The fourth-order valence-corrected chi connectivity index (χ4v) is 2.17. The Morgan fingerprint density at radius 3 is 2.57 bits per heavy atom. The van der Waals surface area contributed by atoms with Crippen molar-refractivity contribution in [2.24, 2.45) is 0 Å². The van der Waals surface area contributed by atoms with Crippen molar-refractivity contribution in [2.45, 2.75) is 33.0 Å². The lowest BCUT2D eigenvalue weighted by Gasteiger charge is -2.14. The first-order chi connectivity index (χ1) is 11.0. The summed E-state index contributed by atoms with van der Waals surface area (Å²) >= 11 is 0. The Bertz CT molecular complexity index is 654. The Balaban J connectivity index is 1.93. The van der Waals surface area contributed by atoms with Crippen molar-refractivity contribution in [3.8, 4) is 5.75 Å². The Morgan fingerprint density at radius 2 is 1.96 bits per heavy atom. The number of ether oxygens (including phenoxy) is 1. The molecule has 1 heterocycles. The molecule has 0 saturated heterocycles. The quantitative estimate of drug-likeness (QED) is 0.860. The average Bonchev–Trinajstić information content (AvgIpc) is 2.53. The highest BCUT2D eigenvalue weighted by molar-refractivity contribution is 5.95. The van der Waals surface area contributed by atoms with Crippen LogP contribution in [0.1, 0.15) is 41.6 Å². The Labute approximate surface area is 136 Å². The monoisotopic (exact) mass is 314 g/mol. The van der Waals surface area contributed by atoms with Crippen LogP contribution in [0.25, 0.3) is 0 Å². The van der Waals surface area contributed by atoms with Gasteiger partial charge in [0.2, 0.25) is 0 Å². The fraction of sp³-hybridized carbons (Fsp3) is 0.333. The van der Waals surface area contributed by atoms with Gasteiger partial charge in [0, 0.05) is 18.4 Å². The van der Waals surface area contributed by atoms with Gasteiger partial charge in [-0.3, -0.25) is 9.78 Å². The van der Waals surface area contributed by atoms with E-state index >= 15 is 0 Å². The fourth-order valence-electron chi connectivity index (χ4n) is 2.17. The van der Waals surface area contributed by atoms with Gasteiger partial charge >= 0.3 is 0 Å². The SMILES string of the molecule is Cc1ncccc1C(=O)NCC(O)c1ccc(OC(C)C)cc1. The van der Waals surface area contributed by atoms with Crippen LogP contribution in [-0.4, -0.2) is 28.6 Å². The molecule has 1 aromatic carbocycles. The van der Waals surface area contributed by atoms with E-state index in [4.69, 9.17) is 4.74 Å². The van der Waals surface area contributed by atoms with E-state index in [1.54, 1.807) is 37.4 Å².